The summed E-state index contributed by atoms with van der Waals surface area (Å²) in [5.41, 5.74) is 1.09. The van der Waals surface area contributed by atoms with Gasteiger partial charge >= 0.3 is 5.97 Å². The first-order chi connectivity index (χ1) is 10.2. The quantitative estimate of drug-likeness (QED) is 0.901. The fourth-order valence-corrected chi connectivity index (χ4v) is 2.56. The summed E-state index contributed by atoms with van der Waals surface area (Å²) >= 11 is 0. The molecule has 3 rings (SSSR count). The van der Waals surface area contributed by atoms with Crippen LogP contribution in [0.2, 0.25) is 0 Å². The van der Waals surface area contributed by atoms with Gasteiger partial charge in [0.05, 0.1) is 19.8 Å². The van der Waals surface area contributed by atoms with E-state index in [1.165, 1.54) is 0 Å². The molecule has 0 radical (unpaired) electrons. The molecule has 0 aliphatic carbocycles. The van der Waals surface area contributed by atoms with Gasteiger partial charge in [-0.05, 0) is 17.7 Å². The van der Waals surface area contributed by atoms with E-state index < -0.39 is 12.1 Å². The third-order valence-electron chi connectivity index (χ3n) is 3.64. The van der Waals surface area contributed by atoms with Crippen molar-refractivity contribution in [3.8, 4) is 11.5 Å². The number of carboxylic acid groups (broad SMARTS) is 1. The number of hydrogen-bond acceptors (Lipinski definition) is 5. The monoisotopic (exact) mass is 293 g/mol. The van der Waals surface area contributed by atoms with Crippen LogP contribution in [0.3, 0.4) is 0 Å². The molecule has 2 heterocycles. The van der Waals surface area contributed by atoms with E-state index in [0.717, 1.165) is 30.0 Å². The lowest BCUT2D eigenvalue weighted by Gasteiger charge is -2.30. The molecular formula is C15H19NO5. The van der Waals surface area contributed by atoms with Crippen LogP contribution >= 0.6 is 0 Å². The maximum absolute atomic E-state index is 11.0. The van der Waals surface area contributed by atoms with Crippen molar-refractivity contribution in [1.29, 1.82) is 0 Å². The van der Waals surface area contributed by atoms with Crippen LogP contribution in [0.1, 0.15) is 12.0 Å². The molecule has 6 nitrogen and oxygen atoms in total. The van der Waals surface area contributed by atoms with Gasteiger partial charge in [0.25, 0.3) is 0 Å². The molecule has 0 bridgehead atoms. The molecule has 1 fully saturated rings. The highest BCUT2D eigenvalue weighted by molar-refractivity contribution is 5.72. The SMILES string of the molecule is O=C(O)C1CN(Cc2ccc3c(c2)OCCCO3)CCO1. The molecule has 1 atom stereocenters. The number of nitrogens with zero attached hydrogens (tertiary/aromatic N) is 1. The van der Waals surface area contributed by atoms with E-state index in [-0.39, 0.29) is 0 Å². The molecule has 2 aliphatic rings. The number of morpholine rings is 1. The van der Waals surface area contributed by atoms with Crippen LogP contribution in [0.15, 0.2) is 18.2 Å². The van der Waals surface area contributed by atoms with Crippen molar-refractivity contribution < 1.29 is 24.1 Å². The first kappa shape index (κ1) is 14.2. The molecule has 1 saturated heterocycles. The lowest BCUT2D eigenvalue weighted by molar-refractivity contribution is -0.156. The third kappa shape index (κ3) is 3.46. The maximum atomic E-state index is 11.0. The molecule has 6 heteroatoms. The second kappa shape index (κ2) is 6.32. The minimum Gasteiger partial charge on any atom is -0.490 e. The van der Waals surface area contributed by atoms with E-state index in [4.69, 9.17) is 19.3 Å². The van der Waals surface area contributed by atoms with Gasteiger partial charge in [0, 0.05) is 26.1 Å². The number of carbonyl (C=O) groups is 1. The molecular weight excluding hydrogens is 274 g/mol. The molecule has 21 heavy (non-hydrogen) atoms. The normalized spacial score (nSPS) is 22.6. The summed E-state index contributed by atoms with van der Waals surface area (Å²) in [6, 6.07) is 5.90. The van der Waals surface area contributed by atoms with E-state index in [9.17, 15) is 4.79 Å². The highest BCUT2D eigenvalue weighted by Crippen LogP contribution is 2.30. The number of aliphatic carboxylic acids is 1. The molecule has 1 N–H and O–H groups in total. The summed E-state index contributed by atoms with van der Waals surface area (Å²) in [5, 5.41) is 9.02. The van der Waals surface area contributed by atoms with Crippen LogP contribution in [0, 0.1) is 0 Å². The zero-order chi connectivity index (χ0) is 14.7. The molecule has 0 saturated carbocycles. The summed E-state index contributed by atoms with van der Waals surface area (Å²) in [6.07, 6.45) is 0.146. The van der Waals surface area contributed by atoms with Crippen LogP contribution in [0.25, 0.3) is 0 Å². The molecule has 2 aliphatic heterocycles. The van der Waals surface area contributed by atoms with Gasteiger partial charge in [-0.15, -0.1) is 0 Å². The van der Waals surface area contributed by atoms with Crippen LogP contribution in [-0.4, -0.2) is 55.0 Å². The van der Waals surface area contributed by atoms with Crippen molar-refractivity contribution in [2.45, 2.75) is 19.1 Å². The van der Waals surface area contributed by atoms with Crippen LogP contribution in [0.5, 0.6) is 11.5 Å². The van der Waals surface area contributed by atoms with Crippen molar-refractivity contribution >= 4 is 5.97 Å². The molecule has 0 amide bonds. The number of rotatable bonds is 3. The Morgan fingerprint density at radius 3 is 2.86 bits per heavy atom. The Balaban J connectivity index is 1.67. The Kier molecular flexibility index (Phi) is 4.26. The predicted molar refractivity (Wildman–Crippen MR) is 74.7 cm³/mol. The van der Waals surface area contributed by atoms with Crippen LogP contribution in [-0.2, 0) is 16.1 Å². The zero-order valence-corrected chi connectivity index (χ0v) is 11.8. The summed E-state index contributed by atoms with van der Waals surface area (Å²) in [5.74, 6) is 0.646. The van der Waals surface area contributed by atoms with Crippen molar-refractivity contribution in [3.05, 3.63) is 23.8 Å². The highest BCUT2D eigenvalue weighted by Gasteiger charge is 2.26. The van der Waals surface area contributed by atoms with Crippen molar-refractivity contribution in [1.82, 2.24) is 4.90 Å². The molecule has 1 aromatic rings. The topological polar surface area (TPSA) is 68.2 Å². The zero-order valence-electron chi connectivity index (χ0n) is 11.8. The second-order valence-corrected chi connectivity index (χ2v) is 5.26. The minimum atomic E-state index is -0.904. The first-order valence-corrected chi connectivity index (χ1v) is 7.17. The Morgan fingerprint density at radius 2 is 2.05 bits per heavy atom. The molecule has 0 aromatic heterocycles. The average Bonchev–Trinajstić information content (AvgIpc) is 2.72. The van der Waals surface area contributed by atoms with Gasteiger partial charge in [-0.2, -0.15) is 0 Å². The van der Waals surface area contributed by atoms with Crippen molar-refractivity contribution in [2.75, 3.05) is 32.9 Å². The number of carboxylic acids is 1. The highest BCUT2D eigenvalue weighted by atomic mass is 16.5. The van der Waals surface area contributed by atoms with Gasteiger partial charge in [0.2, 0.25) is 0 Å². The third-order valence-corrected chi connectivity index (χ3v) is 3.64. The molecule has 1 unspecified atom stereocenters. The lowest BCUT2D eigenvalue weighted by atomic mass is 10.1. The van der Waals surface area contributed by atoms with Gasteiger partial charge in [0.1, 0.15) is 0 Å². The number of ether oxygens (including phenoxy) is 3. The van der Waals surface area contributed by atoms with Gasteiger partial charge in [-0.25, -0.2) is 4.79 Å². The Hall–Kier alpha value is -1.79. The Bertz CT molecular complexity index is 519. The summed E-state index contributed by atoms with van der Waals surface area (Å²) in [7, 11) is 0. The largest absolute Gasteiger partial charge is 0.490 e. The fraction of sp³-hybridized carbons (Fsp3) is 0.533. The number of hydrogen-bond donors (Lipinski definition) is 1. The second-order valence-electron chi connectivity index (χ2n) is 5.26. The maximum Gasteiger partial charge on any atom is 0.334 e. The van der Waals surface area contributed by atoms with E-state index in [0.29, 0.717) is 32.9 Å². The van der Waals surface area contributed by atoms with Crippen molar-refractivity contribution in [2.24, 2.45) is 0 Å². The Morgan fingerprint density at radius 1 is 1.24 bits per heavy atom. The van der Waals surface area contributed by atoms with Gasteiger partial charge in [-0.1, -0.05) is 6.07 Å². The van der Waals surface area contributed by atoms with E-state index >= 15 is 0 Å². The van der Waals surface area contributed by atoms with Crippen LogP contribution < -0.4 is 9.47 Å². The van der Waals surface area contributed by atoms with Gasteiger partial charge in [0.15, 0.2) is 17.6 Å². The van der Waals surface area contributed by atoms with Gasteiger partial charge < -0.3 is 19.3 Å². The van der Waals surface area contributed by atoms with Crippen molar-refractivity contribution in [3.63, 3.8) is 0 Å². The van der Waals surface area contributed by atoms with Gasteiger partial charge in [-0.3, -0.25) is 4.90 Å². The first-order valence-electron chi connectivity index (χ1n) is 7.17. The number of fused-ring (bicyclic) bond motifs is 1. The molecule has 1 aromatic carbocycles. The smallest absolute Gasteiger partial charge is 0.334 e. The van der Waals surface area contributed by atoms with E-state index in [1.807, 2.05) is 18.2 Å². The van der Waals surface area contributed by atoms with Crippen LogP contribution in [0.4, 0.5) is 0 Å². The fourth-order valence-electron chi connectivity index (χ4n) is 2.56. The lowest BCUT2D eigenvalue weighted by Crippen LogP contribution is -2.45. The average molecular weight is 293 g/mol. The predicted octanol–water partition coefficient (Wildman–Crippen LogP) is 1.13. The minimum absolute atomic E-state index is 0.407. The molecule has 0 spiro atoms. The summed E-state index contributed by atoms with van der Waals surface area (Å²) < 4.78 is 16.5. The summed E-state index contributed by atoms with van der Waals surface area (Å²) in [6.45, 7) is 3.61. The van der Waals surface area contributed by atoms with E-state index in [2.05, 4.69) is 4.90 Å². The standard InChI is InChI=1S/C15H19NO5/c17-15(18)14-10-16(4-7-21-14)9-11-2-3-12-13(8-11)20-6-1-5-19-12/h2-3,8,14H,1,4-7,9-10H2,(H,17,18). The van der Waals surface area contributed by atoms with E-state index in [1.54, 1.807) is 0 Å². The Labute approximate surface area is 123 Å². The summed E-state index contributed by atoms with van der Waals surface area (Å²) in [4.78, 5) is 13.1. The number of benzene rings is 1. The molecule has 114 valence electrons.